The van der Waals surface area contributed by atoms with Crippen LogP contribution in [0.2, 0.25) is 0 Å². The normalized spacial score (nSPS) is 25.5. The quantitative estimate of drug-likeness (QED) is 0.574. The van der Waals surface area contributed by atoms with Gasteiger partial charge in [-0.1, -0.05) is 20.3 Å². The van der Waals surface area contributed by atoms with Crippen LogP contribution in [0.5, 0.6) is 0 Å². The molecule has 2 aliphatic rings. The van der Waals surface area contributed by atoms with Crippen LogP contribution in [-0.4, -0.2) is 26.2 Å². The Kier molecular flexibility index (Phi) is 4.02. The van der Waals surface area contributed by atoms with E-state index in [1.54, 1.807) is 0 Å². The van der Waals surface area contributed by atoms with Crippen LogP contribution >= 0.6 is 0 Å². The van der Waals surface area contributed by atoms with Gasteiger partial charge in [-0.25, -0.2) is 0 Å². The molecule has 2 nitrogen and oxygen atoms in total. The third-order valence-corrected chi connectivity index (χ3v) is 2.56. The van der Waals surface area contributed by atoms with Crippen molar-refractivity contribution in [2.45, 2.75) is 33.1 Å². The Bertz CT molecular complexity index is 111. The van der Waals surface area contributed by atoms with Crippen molar-refractivity contribution < 1.29 is 0 Å². The lowest BCUT2D eigenvalue weighted by atomic mass is 9.76. The minimum Gasteiger partial charge on any atom is -0.316 e. The highest BCUT2D eigenvalue weighted by molar-refractivity contribution is 4.95. The van der Waals surface area contributed by atoms with E-state index in [4.69, 9.17) is 0 Å². The molecule has 2 heterocycles. The molecule has 2 rings (SSSR count). The molecular weight excluding hydrogens is 148 g/mol. The minimum absolute atomic E-state index is 0.679. The number of hydrogen-bond acceptors (Lipinski definition) is 2. The molecule has 2 aliphatic heterocycles. The van der Waals surface area contributed by atoms with Gasteiger partial charge in [-0.05, 0) is 19.4 Å². The summed E-state index contributed by atoms with van der Waals surface area (Å²) in [7, 11) is 0. The molecule has 0 unspecified atom stereocenters. The van der Waals surface area contributed by atoms with Crippen molar-refractivity contribution in [2.75, 3.05) is 26.2 Å². The summed E-state index contributed by atoms with van der Waals surface area (Å²) in [6, 6.07) is 0. The molecule has 0 radical (unpaired) electrons. The highest BCUT2D eigenvalue weighted by Crippen LogP contribution is 2.29. The fraction of sp³-hybridized carbons (Fsp3) is 1.00. The van der Waals surface area contributed by atoms with Crippen LogP contribution in [-0.2, 0) is 0 Å². The maximum absolute atomic E-state index is 3.44. The van der Waals surface area contributed by atoms with Crippen LogP contribution in [0.1, 0.15) is 33.1 Å². The second kappa shape index (κ2) is 4.83. The van der Waals surface area contributed by atoms with Crippen LogP contribution in [0.3, 0.4) is 0 Å². The summed E-state index contributed by atoms with van der Waals surface area (Å²) in [6.07, 6.45) is 4.06. The Labute approximate surface area is 76.1 Å². The average Bonchev–Trinajstić information content (AvgIpc) is 2.05. The predicted molar refractivity (Wildman–Crippen MR) is 53.4 cm³/mol. The fourth-order valence-electron chi connectivity index (χ4n) is 1.81. The highest BCUT2D eigenvalue weighted by atomic mass is 15.0. The maximum atomic E-state index is 3.44. The van der Waals surface area contributed by atoms with Crippen LogP contribution in [0.4, 0.5) is 0 Å². The molecular formula is C10H22N2. The third-order valence-electron chi connectivity index (χ3n) is 2.56. The first kappa shape index (κ1) is 10.0. The zero-order valence-electron chi connectivity index (χ0n) is 8.45. The van der Waals surface area contributed by atoms with Gasteiger partial charge in [-0.15, -0.1) is 0 Å². The topological polar surface area (TPSA) is 24.1 Å². The molecule has 0 aromatic rings. The summed E-state index contributed by atoms with van der Waals surface area (Å²) in [6.45, 7) is 9.24. The Balaban J connectivity index is 0.000000213. The summed E-state index contributed by atoms with van der Waals surface area (Å²) < 4.78 is 0. The van der Waals surface area contributed by atoms with Crippen molar-refractivity contribution >= 4 is 0 Å². The summed E-state index contributed by atoms with van der Waals surface area (Å²) in [4.78, 5) is 0. The smallest absolute Gasteiger partial charge is 0.00777 e. The van der Waals surface area contributed by atoms with E-state index in [9.17, 15) is 0 Å². The van der Waals surface area contributed by atoms with E-state index < -0.39 is 0 Å². The molecule has 12 heavy (non-hydrogen) atoms. The number of rotatable bonds is 0. The van der Waals surface area contributed by atoms with Gasteiger partial charge in [0.2, 0.25) is 0 Å². The Morgan fingerprint density at radius 3 is 1.92 bits per heavy atom. The molecule has 0 atom stereocenters. The first-order chi connectivity index (χ1) is 5.83. The number of nitrogens with one attached hydrogen (secondary N) is 2. The SMILES string of the molecule is C1CNCC2(C1)CNC2.CCC. The monoisotopic (exact) mass is 170 g/mol. The van der Waals surface area contributed by atoms with Crippen molar-refractivity contribution in [1.82, 2.24) is 10.6 Å². The van der Waals surface area contributed by atoms with Crippen LogP contribution in [0.25, 0.3) is 0 Å². The van der Waals surface area contributed by atoms with E-state index in [0.29, 0.717) is 5.41 Å². The molecule has 0 saturated carbocycles. The van der Waals surface area contributed by atoms with E-state index in [0.717, 1.165) is 0 Å². The van der Waals surface area contributed by atoms with Gasteiger partial charge in [0.05, 0.1) is 0 Å². The molecule has 0 amide bonds. The zero-order chi connectivity index (χ0) is 8.86. The van der Waals surface area contributed by atoms with Crippen LogP contribution in [0, 0.1) is 5.41 Å². The summed E-state index contributed by atoms with van der Waals surface area (Å²) in [5, 5.41) is 6.77. The zero-order valence-corrected chi connectivity index (χ0v) is 8.45. The molecule has 72 valence electrons. The second-order valence-corrected chi connectivity index (χ2v) is 4.09. The fourth-order valence-corrected chi connectivity index (χ4v) is 1.81. The minimum atomic E-state index is 0.679. The van der Waals surface area contributed by atoms with Crippen LogP contribution < -0.4 is 10.6 Å². The van der Waals surface area contributed by atoms with Crippen molar-refractivity contribution in [3.63, 3.8) is 0 Å². The molecule has 1 spiro atoms. The van der Waals surface area contributed by atoms with E-state index in [1.807, 2.05) is 0 Å². The molecule has 2 N–H and O–H groups in total. The average molecular weight is 170 g/mol. The lowest BCUT2D eigenvalue weighted by molar-refractivity contribution is 0.123. The Morgan fingerprint density at radius 1 is 1.08 bits per heavy atom. The van der Waals surface area contributed by atoms with E-state index in [2.05, 4.69) is 24.5 Å². The molecule has 2 fully saturated rings. The van der Waals surface area contributed by atoms with Crippen molar-refractivity contribution in [3.05, 3.63) is 0 Å². The standard InChI is InChI=1S/C7H14N2.C3H8/c1-2-7(4-8-3-1)5-9-6-7;1-3-2/h8-9H,1-6H2;3H2,1-2H3. The molecule has 0 aliphatic carbocycles. The summed E-state index contributed by atoms with van der Waals surface area (Å²) in [5.41, 5.74) is 0.679. The second-order valence-electron chi connectivity index (χ2n) is 4.09. The highest BCUT2D eigenvalue weighted by Gasteiger charge is 2.37. The van der Waals surface area contributed by atoms with Gasteiger partial charge in [0.15, 0.2) is 0 Å². The number of hydrogen-bond donors (Lipinski definition) is 2. The maximum Gasteiger partial charge on any atom is 0.00777 e. The van der Waals surface area contributed by atoms with Gasteiger partial charge in [0.1, 0.15) is 0 Å². The molecule has 0 aromatic carbocycles. The Hall–Kier alpha value is -0.0800. The first-order valence-electron chi connectivity index (χ1n) is 5.24. The van der Waals surface area contributed by atoms with Gasteiger partial charge >= 0.3 is 0 Å². The van der Waals surface area contributed by atoms with E-state index >= 15 is 0 Å². The van der Waals surface area contributed by atoms with Gasteiger partial charge in [0, 0.05) is 25.0 Å². The summed E-state index contributed by atoms with van der Waals surface area (Å²) >= 11 is 0. The molecule has 0 aromatic heterocycles. The molecule has 0 bridgehead atoms. The first-order valence-corrected chi connectivity index (χ1v) is 5.24. The lowest BCUT2D eigenvalue weighted by Gasteiger charge is -2.45. The van der Waals surface area contributed by atoms with Gasteiger partial charge < -0.3 is 10.6 Å². The van der Waals surface area contributed by atoms with E-state index in [-0.39, 0.29) is 0 Å². The predicted octanol–water partition coefficient (Wildman–Crippen LogP) is 1.38. The molecule has 2 heteroatoms. The third kappa shape index (κ3) is 2.46. The summed E-state index contributed by atoms with van der Waals surface area (Å²) in [5.74, 6) is 0. The lowest BCUT2D eigenvalue weighted by Crippen LogP contribution is -2.60. The van der Waals surface area contributed by atoms with Crippen molar-refractivity contribution in [3.8, 4) is 0 Å². The Morgan fingerprint density at radius 2 is 1.67 bits per heavy atom. The van der Waals surface area contributed by atoms with Crippen molar-refractivity contribution in [2.24, 2.45) is 5.41 Å². The van der Waals surface area contributed by atoms with Gasteiger partial charge in [-0.2, -0.15) is 0 Å². The van der Waals surface area contributed by atoms with Gasteiger partial charge in [-0.3, -0.25) is 0 Å². The van der Waals surface area contributed by atoms with Crippen LogP contribution in [0.15, 0.2) is 0 Å². The van der Waals surface area contributed by atoms with Crippen molar-refractivity contribution in [1.29, 1.82) is 0 Å². The largest absolute Gasteiger partial charge is 0.316 e. The van der Waals surface area contributed by atoms with E-state index in [1.165, 1.54) is 45.4 Å². The molecule has 2 saturated heterocycles. The van der Waals surface area contributed by atoms with Gasteiger partial charge in [0.25, 0.3) is 0 Å². The number of piperidine rings is 1.